The summed E-state index contributed by atoms with van der Waals surface area (Å²) in [4.78, 5) is 50.4. The Kier molecular flexibility index (Phi) is 8.88. The smallest absolute Gasteiger partial charge is 0.329 e. The van der Waals surface area contributed by atoms with Gasteiger partial charge in [-0.15, -0.1) is 0 Å². The number of rotatable bonds is 11. The zero-order valence-electron chi connectivity index (χ0n) is 20.8. The van der Waals surface area contributed by atoms with Gasteiger partial charge in [0.1, 0.15) is 17.5 Å². The van der Waals surface area contributed by atoms with E-state index in [0.29, 0.717) is 22.7 Å². The molecule has 0 heterocycles. The highest BCUT2D eigenvalue weighted by Gasteiger charge is 2.28. The minimum absolute atomic E-state index is 0.170. The van der Waals surface area contributed by atoms with Crippen molar-refractivity contribution in [1.29, 1.82) is 0 Å². The molecule has 3 N–H and O–H groups in total. The number of carbonyl (C=O) groups excluding carboxylic acids is 4. The van der Waals surface area contributed by atoms with Crippen molar-refractivity contribution >= 4 is 29.4 Å². The summed E-state index contributed by atoms with van der Waals surface area (Å²) in [5.74, 6) is -1.64. The fraction of sp³-hybridized carbons (Fsp3) is 0.385. The van der Waals surface area contributed by atoms with Crippen LogP contribution in [0.25, 0.3) is 0 Å². The number of ether oxygens (including phenoxy) is 3. The minimum Gasteiger partial charge on any atom is -0.497 e. The fourth-order valence-electron chi connectivity index (χ4n) is 3.35. The van der Waals surface area contributed by atoms with Crippen LogP contribution >= 0.6 is 0 Å². The Hall–Kier alpha value is -4.08. The highest BCUT2D eigenvalue weighted by Crippen LogP contribution is 2.23. The second kappa shape index (κ2) is 12.1. The highest BCUT2D eigenvalue weighted by molar-refractivity contribution is 6.04. The third kappa shape index (κ3) is 7.21. The summed E-state index contributed by atoms with van der Waals surface area (Å²) in [6.07, 6.45) is 1.88. The highest BCUT2D eigenvalue weighted by atomic mass is 16.5. The van der Waals surface area contributed by atoms with Crippen LogP contribution in [0.5, 0.6) is 11.5 Å². The van der Waals surface area contributed by atoms with Crippen LogP contribution in [0.4, 0.5) is 5.69 Å². The number of benzene rings is 2. The lowest BCUT2D eigenvalue weighted by molar-refractivity contribution is -0.150. The molecule has 0 aliphatic heterocycles. The van der Waals surface area contributed by atoms with E-state index in [1.165, 1.54) is 26.4 Å². The van der Waals surface area contributed by atoms with Crippen molar-refractivity contribution in [2.24, 2.45) is 5.92 Å². The van der Waals surface area contributed by atoms with Crippen LogP contribution < -0.4 is 25.4 Å². The van der Waals surface area contributed by atoms with E-state index in [0.717, 1.165) is 12.8 Å². The average Bonchev–Trinajstić information content (AvgIpc) is 3.69. The van der Waals surface area contributed by atoms with Crippen LogP contribution in [0.2, 0.25) is 0 Å². The Labute approximate surface area is 209 Å². The molecular formula is C26H31N3O7. The number of esters is 1. The van der Waals surface area contributed by atoms with Gasteiger partial charge in [0.2, 0.25) is 0 Å². The first-order valence-corrected chi connectivity index (χ1v) is 11.6. The van der Waals surface area contributed by atoms with Gasteiger partial charge in [-0.05, 0) is 43.0 Å². The van der Waals surface area contributed by atoms with Gasteiger partial charge in [-0.3, -0.25) is 14.4 Å². The maximum Gasteiger partial charge on any atom is 0.329 e. The van der Waals surface area contributed by atoms with Crippen LogP contribution in [0.1, 0.15) is 47.4 Å². The molecule has 0 aromatic heterocycles. The van der Waals surface area contributed by atoms with Gasteiger partial charge in [0, 0.05) is 17.7 Å². The number of anilines is 1. The number of hydrogen-bond acceptors (Lipinski definition) is 7. The number of carbonyl (C=O) groups is 4. The standard InChI is InChI=1S/C26H31N3O7/c1-15(2)23(29-24(31)16-11-18(34-3)13-19(12-16)35-4)26(33)36-14-22(30)28-21-8-6-5-7-20(21)25(32)27-17-9-10-17/h5-8,11-13,15,17,23H,9-10,14H2,1-4H3,(H,27,32)(H,28,30)(H,29,31)/t23-/m0/s1. The molecule has 0 bridgehead atoms. The molecule has 0 spiro atoms. The second-order valence-corrected chi connectivity index (χ2v) is 8.75. The first-order valence-electron chi connectivity index (χ1n) is 11.6. The van der Waals surface area contributed by atoms with Crippen LogP contribution in [0.15, 0.2) is 42.5 Å². The molecule has 3 rings (SSSR count). The quantitative estimate of drug-likeness (QED) is 0.407. The molecule has 1 aliphatic carbocycles. The lowest BCUT2D eigenvalue weighted by atomic mass is 10.0. The molecule has 2 aromatic carbocycles. The Morgan fingerprint density at radius 2 is 1.58 bits per heavy atom. The SMILES string of the molecule is COc1cc(OC)cc(C(=O)N[C@H](C(=O)OCC(=O)Nc2ccccc2C(=O)NC2CC2)C(C)C)c1. The van der Waals surface area contributed by atoms with Gasteiger partial charge in [-0.2, -0.15) is 0 Å². The molecule has 0 radical (unpaired) electrons. The van der Waals surface area contributed by atoms with Crippen molar-refractivity contribution in [2.75, 3.05) is 26.1 Å². The molecule has 3 amide bonds. The number of methoxy groups -OCH3 is 2. The molecule has 36 heavy (non-hydrogen) atoms. The number of para-hydroxylation sites is 1. The summed E-state index contributed by atoms with van der Waals surface area (Å²) in [6, 6.07) is 10.4. The Bertz CT molecular complexity index is 1110. The van der Waals surface area contributed by atoms with Gasteiger partial charge in [-0.1, -0.05) is 26.0 Å². The molecule has 0 saturated heterocycles. The molecule has 2 aromatic rings. The minimum atomic E-state index is -1.00. The first kappa shape index (κ1) is 26.5. The largest absolute Gasteiger partial charge is 0.497 e. The fourth-order valence-corrected chi connectivity index (χ4v) is 3.35. The summed E-state index contributed by atoms with van der Waals surface area (Å²) >= 11 is 0. The van der Waals surface area contributed by atoms with Crippen molar-refractivity contribution in [1.82, 2.24) is 10.6 Å². The number of hydrogen-bond donors (Lipinski definition) is 3. The lowest BCUT2D eigenvalue weighted by Crippen LogP contribution is -2.46. The number of nitrogens with one attached hydrogen (secondary N) is 3. The third-order valence-corrected chi connectivity index (χ3v) is 5.52. The van der Waals surface area contributed by atoms with Gasteiger partial charge in [0.25, 0.3) is 17.7 Å². The van der Waals surface area contributed by atoms with Crippen LogP contribution in [0.3, 0.4) is 0 Å². The zero-order valence-corrected chi connectivity index (χ0v) is 20.8. The van der Waals surface area contributed by atoms with E-state index in [1.807, 2.05) is 0 Å². The average molecular weight is 498 g/mol. The van der Waals surface area contributed by atoms with E-state index < -0.39 is 30.4 Å². The van der Waals surface area contributed by atoms with Crippen molar-refractivity contribution in [3.8, 4) is 11.5 Å². The van der Waals surface area contributed by atoms with Gasteiger partial charge in [0.15, 0.2) is 6.61 Å². The normalized spacial score (nSPS) is 13.4. The summed E-state index contributed by atoms with van der Waals surface area (Å²) in [6.45, 7) is 2.91. The van der Waals surface area contributed by atoms with E-state index in [-0.39, 0.29) is 23.4 Å². The maximum absolute atomic E-state index is 12.8. The number of amides is 3. The Balaban J connectivity index is 1.60. The summed E-state index contributed by atoms with van der Waals surface area (Å²) < 4.78 is 15.6. The molecule has 1 aliphatic rings. The van der Waals surface area contributed by atoms with E-state index in [2.05, 4.69) is 16.0 Å². The van der Waals surface area contributed by atoms with Gasteiger partial charge >= 0.3 is 5.97 Å². The van der Waals surface area contributed by atoms with Crippen LogP contribution in [-0.2, 0) is 14.3 Å². The molecular weight excluding hydrogens is 466 g/mol. The molecule has 1 atom stereocenters. The van der Waals surface area contributed by atoms with E-state index >= 15 is 0 Å². The van der Waals surface area contributed by atoms with E-state index in [1.54, 1.807) is 44.2 Å². The molecule has 1 saturated carbocycles. The predicted molar refractivity (Wildman–Crippen MR) is 132 cm³/mol. The van der Waals surface area contributed by atoms with Gasteiger partial charge < -0.3 is 30.2 Å². The zero-order chi connectivity index (χ0) is 26.2. The first-order chi connectivity index (χ1) is 17.2. The summed E-state index contributed by atoms with van der Waals surface area (Å²) in [7, 11) is 2.93. The van der Waals surface area contributed by atoms with Crippen LogP contribution in [-0.4, -0.2) is 56.6 Å². The molecule has 10 heteroatoms. The second-order valence-electron chi connectivity index (χ2n) is 8.75. The van der Waals surface area contributed by atoms with Crippen LogP contribution in [0, 0.1) is 5.92 Å². The summed E-state index contributed by atoms with van der Waals surface area (Å²) in [5, 5.41) is 8.13. The molecule has 1 fully saturated rings. The lowest BCUT2D eigenvalue weighted by Gasteiger charge is -2.21. The molecule has 192 valence electrons. The van der Waals surface area contributed by atoms with Crippen molar-refractivity contribution in [3.05, 3.63) is 53.6 Å². The third-order valence-electron chi connectivity index (χ3n) is 5.52. The van der Waals surface area contributed by atoms with Crippen molar-refractivity contribution in [2.45, 2.75) is 38.8 Å². The summed E-state index contributed by atoms with van der Waals surface area (Å²) in [5.41, 5.74) is 0.881. The monoisotopic (exact) mass is 497 g/mol. The maximum atomic E-state index is 12.8. The Morgan fingerprint density at radius 3 is 2.17 bits per heavy atom. The molecule has 10 nitrogen and oxygen atoms in total. The van der Waals surface area contributed by atoms with Gasteiger partial charge in [-0.25, -0.2) is 4.79 Å². The van der Waals surface area contributed by atoms with E-state index in [9.17, 15) is 19.2 Å². The van der Waals surface area contributed by atoms with E-state index in [4.69, 9.17) is 14.2 Å². The predicted octanol–water partition coefficient (Wildman–Crippen LogP) is 2.53. The van der Waals surface area contributed by atoms with Crippen molar-refractivity contribution in [3.63, 3.8) is 0 Å². The Morgan fingerprint density at radius 1 is 0.944 bits per heavy atom. The van der Waals surface area contributed by atoms with Crippen molar-refractivity contribution < 1.29 is 33.4 Å². The van der Waals surface area contributed by atoms with Gasteiger partial charge in [0.05, 0.1) is 25.5 Å². The topological polar surface area (TPSA) is 132 Å². The molecule has 0 unspecified atom stereocenters.